The largest absolute Gasteiger partial charge is 0.467 e. The molecular formula is C13H10ClN3O2. The molecule has 1 aromatic carbocycles. The van der Waals surface area contributed by atoms with Crippen LogP contribution in [0.5, 0.6) is 0 Å². The molecule has 0 saturated heterocycles. The van der Waals surface area contributed by atoms with Crippen molar-refractivity contribution in [2.75, 3.05) is 0 Å². The van der Waals surface area contributed by atoms with Gasteiger partial charge < -0.3 is 14.7 Å². The van der Waals surface area contributed by atoms with Crippen molar-refractivity contribution in [2.24, 2.45) is 0 Å². The molecule has 0 radical (unpaired) electrons. The number of nitrogens with zero attached hydrogens (tertiary/aromatic N) is 1. The summed E-state index contributed by atoms with van der Waals surface area (Å²) >= 11 is 5.76. The molecule has 1 amide bonds. The van der Waals surface area contributed by atoms with E-state index in [4.69, 9.17) is 16.0 Å². The van der Waals surface area contributed by atoms with E-state index in [-0.39, 0.29) is 5.91 Å². The average molecular weight is 276 g/mol. The van der Waals surface area contributed by atoms with Crippen LogP contribution in [0, 0.1) is 0 Å². The fourth-order valence-corrected chi connectivity index (χ4v) is 2.00. The van der Waals surface area contributed by atoms with Crippen LogP contribution in [0.4, 0.5) is 0 Å². The Balaban J connectivity index is 1.77. The van der Waals surface area contributed by atoms with Gasteiger partial charge in [0.1, 0.15) is 5.76 Å². The lowest BCUT2D eigenvalue weighted by Gasteiger charge is -2.03. The number of fused-ring (bicyclic) bond motifs is 1. The Labute approximate surface area is 113 Å². The summed E-state index contributed by atoms with van der Waals surface area (Å²) in [5.41, 5.74) is 2.00. The molecule has 0 spiro atoms. The minimum atomic E-state index is -0.177. The first-order valence-electron chi connectivity index (χ1n) is 5.68. The van der Waals surface area contributed by atoms with Gasteiger partial charge in [-0.3, -0.25) is 4.79 Å². The average Bonchev–Trinajstić information content (AvgIpc) is 3.02. The molecule has 96 valence electrons. The molecule has 2 N–H and O–H groups in total. The van der Waals surface area contributed by atoms with Crippen LogP contribution < -0.4 is 5.32 Å². The maximum atomic E-state index is 12.0. The van der Waals surface area contributed by atoms with Crippen molar-refractivity contribution in [1.29, 1.82) is 0 Å². The monoisotopic (exact) mass is 275 g/mol. The molecule has 5 nitrogen and oxygen atoms in total. The second kappa shape index (κ2) is 4.78. The number of imidazole rings is 1. The molecule has 0 saturated carbocycles. The number of aromatic nitrogens is 2. The van der Waals surface area contributed by atoms with Gasteiger partial charge in [-0.1, -0.05) is 0 Å². The molecule has 2 aromatic heterocycles. The van der Waals surface area contributed by atoms with Gasteiger partial charge in [0, 0.05) is 5.56 Å². The van der Waals surface area contributed by atoms with Crippen molar-refractivity contribution in [3.05, 3.63) is 53.2 Å². The third kappa shape index (κ3) is 2.46. The van der Waals surface area contributed by atoms with Crippen molar-refractivity contribution < 1.29 is 9.21 Å². The topological polar surface area (TPSA) is 70.9 Å². The third-order valence-corrected chi connectivity index (χ3v) is 2.90. The summed E-state index contributed by atoms with van der Waals surface area (Å²) in [5, 5.41) is 3.08. The number of aromatic amines is 1. The number of nitrogens with one attached hydrogen (secondary N) is 2. The summed E-state index contributed by atoms with van der Waals surface area (Å²) < 4.78 is 5.14. The summed E-state index contributed by atoms with van der Waals surface area (Å²) in [7, 11) is 0. The number of hydrogen-bond acceptors (Lipinski definition) is 3. The zero-order chi connectivity index (χ0) is 13.2. The van der Waals surface area contributed by atoms with E-state index < -0.39 is 0 Å². The Bertz CT molecular complexity index is 719. The maximum absolute atomic E-state index is 12.0. The number of hydrogen-bond donors (Lipinski definition) is 2. The van der Waals surface area contributed by atoms with E-state index in [9.17, 15) is 4.79 Å². The summed E-state index contributed by atoms with van der Waals surface area (Å²) in [6.45, 7) is 0.355. The lowest BCUT2D eigenvalue weighted by atomic mass is 10.2. The molecule has 0 atom stereocenters. The van der Waals surface area contributed by atoms with Gasteiger partial charge in [-0.25, -0.2) is 4.98 Å². The van der Waals surface area contributed by atoms with E-state index in [0.717, 1.165) is 11.0 Å². The minimum Gasteiger partial charge on any atom is -0.467 e. The SMILES string of the molecule is O=C(NCc1ccco1)c1ccc2nc(Cl)[nH]c2c1. The van der Waals surface area contributed by atoms with Gasteiger partial charge in [0.05, 0.1) is 23.8 Å². The second-order valence-electron chi connectivity index (χ2n) is 4.02. The number of rotatable bonds is 3. The molecule has 0 fully saturated rings. The summed E-state index contributed by atoms with van der Waals surface area (Å²) in [6, 6.07) is 8.75. The highest BCUT2D eigenvalue weighted by atomic mass is 35.5. The first kappa shape index (κ1) is 11.8. The second-order valence-corrected chi connectivity index (χ2v) is 4.38. The van der Waals surface area contributed by atoms with Crippen LogP contribution in [0.1, 0.15) is 16.1 Å². The smallest absolute Gasteiger partial charge is 0.251 e. The van der Waals surface area contributed by atoms with Crippen molar-refractivity contribution >= 4 is 28.5 Å². The van der Waals surface area contributed by atoms with E-state index in [0.29, 0.717) is 23.2 Å². The highest BCUT2D eigenvalue weighted by molar-refractivity contribution is 6.29. The predicted octanol–water partition coefficient (Wildman–Crippen LogP) is 2.74. The highest BCUT2D eigenvalue weighted by Crippen LogP contribution is 2.16. The molecule has 0 bridgehead atoms. The van der Waals surface area contributed by atoms with E-state index in [1.165, 1.54) is 0 Å². The Morgan fingerprint density at radius 3 is 3.11 bits per heavy atom. The number of halogens is 1. The molecule has 3 aromatic rings. The van der Waals surface area contributed by atoms with Crippen molar-refractivity contribution in [3.63, 3.8) is 0 Å². The molecule has 6 heteroatoms. The Morgan fingerprint density at radius 2 is 2.32 bits per heavy atom. The van der Waals surface area contributed by atoms with Crippen LogP contribution in [0.2, 0.25) is 5.28 Å². The fraction of sp³-hybridized carbons (Fsp3) is 0.0769. The first-order valence-corrected chi connectivity index (χ1v) is 6.06. The fourth-order valence-electron chi connectivity index (χ4n) is 1.80. The standard InChI is InChI=1S/C13H10ClN3O2/c14-13-16-10-4-3-8(6-11(10)17-13)12(18)15-7-9-2-1-5-19-9/h1-6H,7H2,(H,15,18)(H,16,17). The Kier molecular flexibility index (Phi) is 2.97. The molecule has 0 aliphatic carbocycles. The van der Waals surface area contributed by atoms with Crippen LogP contribution in [-0.2, 0) is 6.54 Å². The normalized spacial score (nSPS) is 10.8. The van der Waals surface area contributed by atoms with Crippen LogP contribution in [0.25, 0.3) is 11.0 Å². The molecule has 3 rings (SSSR count). The number of carbonyl (C=O) groups is 1. The minimum absolute atomic E-state index is 0.177. The predicted molar refractivity (Wildman–Crippen MR) is 71.0 cm³/mol. The van der Waals surface area contributed by atoms with Gasteiger partial charge in [0.2, 0.25) is 5.28 Å². The van der Waals surface area contributed by atoms with Crippen molar-refractivity contribution in [3.8, 4) is 0 Å². The van der Waals surface area contributed by atoms with Gasteiger partial charge in [0.15, 0.2) is 0 Å². The highest BCUT2D eigenvalue weighted by Gasteiger charge is 2.08. The summed E-state index contributed by atoms with van der Waals surface area (Å²) in [4.78, 5) is 18.9. The van der Waals surface area contributed by atoms with Gasteiger partial charge >= 0.3 is 0 Å². The van der Waals surface area contributed by atoms with E-state index >= 15 is 0 Å². The van der Waals surface area contributed by atoms with E-state index in [1.807, 2.05) is 0 Å². The van der Waals surface area contributed by atoms with Gasteiger partial charge in [-0.2, -0.15) is 0 Å². The first-order chi connectivity index (χ1) is 9.22. The lowest BCUT2D eigenvalue weighted by Crippen LogP contribution is -2.22. The third-order valence-electron chi connectivity index (χ3n) is 2.72. The van der Waals surface area contributed by atoms with Crippen molar-refractivity contribution in [1.82, 2.24) is 15.3 Å². The van der Waals surface area contributed by atoms with Crippen LogP contribution in [-0.4, -0.2) is 15.9 Å². The number of furan rings is 1. The van der Waals surface area contributed by atoms with E-state index in [1.54, 1.807) is 36.6 Å². The molecule has 0 aliphatic rings. The zero-order valence-corrected chi connectivity index (χ0v) is 10.6. The summed E-state index contributed by atoms with van der Waals surface area (Å²) in [6.07, 6.45) is 1.57. The van der Waals surface area contributed by atoms with Crippen LogP contribution in [0.3, 0.4) is 0 Å². The molecule has 0 aliphatic heterocycles. The number of carbonyl (C=O) groups excluding carboxylic acids is 1. The van der Waals surface area contributed by atoms with Gasteiger partial charge in [-0.05, 0) is 41.9 Å². The Morgan fingerprint density at radius 1 is 1.42 bits per heavy atom. The maximum Gasteiger partial charge on any atom is 0.251 e. The molecule has 2 heterocycles. The zero-order valence-electron chi connectivity index (χ0n) is 9.81. The van der Waals surface area contributed by atoms with Crippen LogP contribution >= 0.6 is 11.6 Å². The molecule has 0 unspecified atom stereocenters. The number of H-pyrrole nitrogens is 1. The summed E-state index contributed by atoms with van der Waals surface area (Å²) in [5.74, 6) is 0.531. The number of amides is 1. The lowest BCUT2D eigenvalue weighted by molar-refractivity contribution is 0.0948. The van der Waals surface area contributed by atoms with Crippen molar-refractivity contribution in [2.45, 2.75) is 6.54 Å². The van der Waals surface area contributed by atoms with Gasteiger partial charge in [-0.15, -0.1) is 0 Å². The molecular weight excluding hydrogens is 266 g/mol. The van der Waals surface area contributed by atoms with E-state index in [2.05, 4.69) is 15.3 Å². The Hall–Kier alpha value is -2.27. The molecule has 19 heavy (non-hydrogen) atoms. The number of benzene rings is 1. The quantitative estimate of drug-likeness (QED) is 0.772. The van der Waals surface area contributed by atoms with Crippen LogP contribution in [0.15, 0.2) is 41.0 Å². The van der Waals surface area contributed by atoms with Gasteiger partial charge in [0.25, 0.3) is 5.91 Å².